The molecule has 0 aliphatic heterocycles. The standard InChI is InChI=1S/C15H18N2O3/c1-20-11-9-17(8-10-18)15(19)7-6-13-2-4-14(12-16)5-3-13/h2-7,18H,8-11H2,1H3/b7-6+. The first-order valence-corrected chi connectivity index (χ1v) is 6.28. The summed E-state index contributed by atoms with van der Waals surface area (Å²) in [6.45, 7) is 1.06. The number of benzene rings is 1. The number of rotatable bonds is 7. The molecule has 0 saturated carbocycles. The second-order valence-electron chi connectivity index (χ2n) is 4.11. The van der Waals surface area contributed by atoms with Crippen LogP contribution >= 0.6 is 0 Å². The van der Waals surface area contributed by atoms with Crippen molar-refractivity contribution in [2.75, 3.05) is 33.4 Å². The van der Waals surface area contributed by atoms with E-state index in [0.29, 0.717) is 18.7 Å². The Labute approximate surface area is 118 Å². The number of hydrogen-bond acceptors (Lipinski definition) is 4. The van der Waals surface area contributed by atoms with Crippen molar-refractivity contribution in [3.05, 3.63) is 41.5 Å². The highest BCUT2D eigenvalue weighted by atomic mass is 16.5. The van der Waals surface area contributed by atoms with Crippen molar-refractivity contribution in [3.63, 3.8) is 0 Å². The SMILES string of the molecule is COCCN(CCO)C(=O)/C=C/c1ccc(C#N)cc1. The Balaban J connectivity index is 2.65. The Bertz CT molecular complexity index is 489. The molecule has 1 aromatic carbocycles. The summed E-state index contributed by atoms with van der Waals surface area (Å²) >= 11 is 0. The lowest BCUT2D eigenvalue weighted by Crippen LogP contribution is -2.34. The molecule has 5 heteroatoms. The highest BCUT2D eigenvalue weighted by Crippen LogP contribution is 2.05. The average Bonchev–Trinajstić information content (AvgIpc) is 2.49. The lowest BCUT2D eigenvalue weighted by atomic mass is 10.1. The van der Waals surface area contributed by atoms with E-state index in [2.05, 4.69) is 0 Å². The maximum absolute atomic E-state index is 12.0. The fourth-order valence-corrected chi connectivity index (χ4v) is 1.60. The van der Waals surface area contributed by atoms with Crippen LogP contribution in [-0.2, 0) is 9.53 Å². The Hall–Kier alpha value is -2.16. The third kappa shape index (κ3) is 5.22. The maximum atomic E-state index is 12.0. The zero-order valence-corrected chi connectivity index (χ0v) is 11.5. The fourth-order valence-electron chi connectivity index (χ4n) is 1.60. The van der Waals surface area contributed by atoms with Crippen LogP contribution in [0.15, 0.2) is 30.3 Å². The van der Waals surface area contributed by atoms with E-state index in [-0.39, 0.29) is 19.1 Å². The monoisotopic (exact) mass is 274 g/mol. The van der Waals surface area contributed by atoms with Gasteiger partial charge in [0.05, 0.1) is 24.8 Å². The molecule has 0 aromatic heterocycles. The summed E-state index contributed by atoms with van der Waals surface area (Å²) in [7, 11) is 1.56. The van der Waals surface area contributed by atoms with Gasteiger partial charge in [-0.05, 0) is 23.8 Å². The summed E-state index contributed by atoms with van der Waals surface area (Å²) in [6.07, 6.45) is 3.13. The Morgan fingerprint density at radius 3 is 2.65 bits per heavy atom. The van der Waals surface area contributed by atoms with E-state index >= 15 is 0 Å². The minimum absolute atomic E-state index is 0.0832. The molecule has 20 heavy (non-hydrogen) atoms. The van der Waals surface area contributed by atoms with Gasteiger partial charge < -0.3 is 14.7 Å². The minimum atomic E-state index is -0.180. The molecule has 0 atom stereocenters. The van der Waals surface area contributed by atoms with Gasteiger partial charge in [-0.1, -0.05) is 12.1 Å². The van der Waals surface area contributed by atoms with Crippen LogP contribution in [-0.4, -0.2) is 49.3 Å². The van der Waals surface area contributed by atoms with Crippen LogP contribution in [0.25, 0.3) is 6.08 Å². The number of aliphatic hydroxyl groups is 1. The predicted octanol–water partition coefficient (Wildman–Crippen LogP) is 1.04. The summed E-state index contributed by atoms with van der Waals surface area (Å²) in [5, 5.41) is 17.6. The summed E-state index contributed by atoms with van der Waals surface area (Å²) < 4.78 is 4.93. The van der Waals surface area contributed by atoms with Crippen molar-refractivity contribution in [1.29, 1.82) is 5.26 Å². The normalized spacial score (nSPS) is 10.4. The molecule has 0 saturated heterocycles. The van der Waals surface area contributed by atoms with Crippen molar-refractivity contribution in [3.8, 4) is 6.07 Å². The highest BCUT2D eigenvalue weighted by molar-refractivity contribution is 5.91. The van der Waals surface area contributed by atoms with E-state index < -0.39 is 0 Å². The summed E-state index contributed by atoms with van der Waals surface area (Å²) in [5.74, 6) is -0.180. The number of carbonyl (C=O) groups is 1. The average molecular weight is 274 g/mol. The molecule has 0 heterocycles. The molecule has 1 N–H and O–H groups in total. The van der Waals surface area contributed by atoms with Crippen LogP contribution in [0.5, 0.6) is 0 Å². The molecule has 0 fully saturated rings. The van der Waals surface area contributed by atoms with Gasteiger partial charge in [-0.2, -0.15) is 5.26 Å². The van der Waals surface area contributed by atoms with Crippen LogP contribution in [0.2, 0.25) is 0 Å². The molecule has 1 amide bonds. The number of hydrogen-bond donors (Lipinski definition) is 1. The third-order valence-corrected chi connectivity index (χ3v) is 2.71. The first kappa shape index (κ1) is 15.9. The zero-order valence-electron chi connectivity index (χ0n) is 11.5. The smallest absolute Gasteiger partial charge is 0.246 e. The van der Waals surface area contributed by atoms with Crippen LogP contribution in [0.1, 0.15) is 11.1 Å². The Kier molecular flexibility index (Phi) is 7.04. The molecule has 0 aliphatic carbocycles. The van der Waals surface area contributed by atoms with Gasteiger partial charge >= 0.3 is 0 Å². The van der Waals surface area contributed by atoms with Crippen molar-refractivity contribution in [2.24, 2.45) is 0 Å². The van der Waals surface area contributed by atoms with Crippen LogP contribution in [0.4, 0.5) is 0 Å². The van der Waals surface area contributed by atoms with Gasteiger partial charge in [0, 0.05) is 26.3 Å². The Morgan fingerprint density at radius 1 is 1.40 bits per heavy atom. The van der Waals surface area contributed by atoms with Gasteiger partial charge in [-0.25, -0.2) is 0 Å². The zero-order chi connectivity index (χ0) is 14.8. The molecule has 0 spiro atoms. The van der Waals surface area contributed by atoms with Gasteiger partial charge in [0.2, 0.25) is 5.91 Å². The fraction of sp³-hybridized carbons (Fsp3) is 0.333. The lowest BCUT2D eigenvalue weighted by Gasteiger charge is -2.19. The molecular formula is C15H18N2O3. The van der Waals surface area contributed by atoms with Crippen LogP contribution < -0.4 is 0 Å². The van der Waals surface area contributed by atoms with Crippen molar-refractivity contribution >= 4 is 12.0 Å². The largest absolute Gasteiger partial charge is 0.395 e. The number of carbonyl (C=O) groups excluding carboxylic acids is 1. The molecule has 106 valence electrons. The van der Waals surface area contributed by atoms with E-state index in [1.807, 2.05) is 6.07 Å². The number of aliphatic hydroxyl groups excluding tert-OH is 1. The summed E-state index contributed by atoms with van der Waals surface area (Å²) in [4.78, 5) is 13.5. The van der Waals surface area contributed by atoms with Crippen LogP contribution in [0, 0.1) is 11.3 Å². The van der Waals surface area contributed by atoms with E-state index in [9.17, 15) is 4.79 Å². The maximum Gasteiger partial charge on any atom is 0.246 e. The number of methoxy groups -OCH3 is 1. The third-order valence-electron chi connectivity index (χ3n) is 2.71. The number of ether oxygens (including phenoxy) is 1. The van der Waals surface area contributed by atoms with Gasteiger partial charge in [0.25, 0.3) is 0 Å². The van der Waals surface area contributed by atoms with Gasteiger partial charge in [-0.15, -0.1) is 0 Å². The van der Waals surface area contributed by atoms with Crippen molar-refractivity contribution in [2.45, 2.75) is 0 Å². The molecule has 0 bridgehead atoms. The Morgan fingerprint density at radius 2 is 2.10 bits per heavy atom. The first-order chi connectivity index (χ1) is 9.71. The molecule has 0 radical (unpaired) electrons. The number of nitrogens with zero attached hydrogens (tertiary/aromatic N) is 2. The predicted molar refractivity (Wildman–Crippen MR) is 75.7 cm³/mol. The second kappa shape index (κ2) is 8.86. The lowest BCUT2D eigenvalue weighted by molar-refractivity contribution is -0.127. The highest BCUT2D eigenvalue weighted by Gasteiger charge is 2.09. The van der Waals surface area contributed by atoms with E-state index in [4.69, 9.17) is 15.1 Å². The van der Waals surface area contributed by atoms with Crippen molar-refractivity contribution < 1.29 is 14.6 Å². The van der Waals surface area contributed by atoms with E-state index in [0.717, 1.165) is 5.56 Å². The van der Waals surface area contributed by atoms with Crippen LogP contribution in [0.3, 0.4) is 0 Å². The molecule has 5 nitrogen and oxygen atoms in total. The van der Waals surface area contributed by atoms with E-state index in [1.54, 1.807) is 37.5 Å². The summed E-state index contributed by atoms with van der Waals surface area (Å²) in [5.41, 5.74) is 1.42. The molecule has 1 aromatic rings. The minimum Gasteiger partial charge on any atom is -0.395 e. The molecule has 0 aliphatic rings. The van der Waals surface area contributed by atoms with Gasteiger partial charge in [0.1, 0.15) is 0 Å². The number of nitriles is 1. The number of amides is 1. The quantitative estimate of drug-likeness (QED) is 0.754. The van der Waals surface area contributed by atoms with Crippen molar-refractivity contribution in [1.82, 2.24) is 4.90 Å². The molecule has 0 unspecified atom stereocenters. The van der Waals surface area contributed by atoms with Gasteiger partial charge in [0.15, 0.2) is 0 Å². The van der Waals surface area contributed by atoms with Gasteiger partial charge in [-0.3, -0.25) is 4.79 Å². The topological polar surface area (TPSA) is 73.6 Å². The second-order valence-corrected chi connectivity index (χ2v) is 4.11. The first-order valence-electron chi connectivity index (χ1n) is 6.28. The van der Waals surface area contributed by atoms with E-state index in [1.165, 1.54) is 11.0 Å². The molecule has 1 rings (SSSR count). The summed E-state index contributed by atoms with van der Waals surface area (Å²) in [6, 6.07) is 8.97. The molecular weight excluding hydrogens is 256 g/mol.